The molecule has 2 aliphatic heterocycles. The highest BCUT2D eigenvalue weighted by molar-refractivity contribution is 6.52. The molecule has 8 heteroatoms. The predicted molar refractivity (Wildman–Crippen MR) is 210 cm³/mol. The molecule has 4 amide bonds. The van der Waals surface area contributed by atoms with Crippen LogP contribution in [0.2, 0.25) is 10.0 Å². The van der Waals surface area contributed by atoms with Crippen LogP contribution in [0.15, 0.2) is 84.9 Å². The second-order valence-electron chi connectivity index (χ2n) is 14.1. The number of imide groups is 2. The molecular weight excluding hydrogens is 691 g/mol. The second kappa shape index (κ2) is 11.6. The lowest BCUT2D eigenvalue weighted by Gasteiger charge is -2.31. The van der Waals surface area contributed by atoms with E-state index in [1.54, 1.807) is 36.4 Å². The smallest absolute Gasteiger partial charge is 0.266 e. The van der Waals surface area contributed by atoms with Crippen LogP contribution in [0.4, 0.5) is 11.4 Å². The van der Waals surface area contributed by atoms with Crippen molar-refractivity contribution in [1.29, 1.82) is 0 Å². The first-order valence-electron chi connectivity index (χ1n) is 17.6. The van der Waals surface area contributed by atoms with Gasteiger partial charge in [0.05, 0.1) is 22.5 Å². The summed E-state index contributed by atoms with van der Waals surface area (Å²) in [5.41, 5.74) is 4.62. The van der Waals surface area contributed by atoms with Crippen LogP contribution in [0.25, 0.3) is 43.1 Å². The van der Waals surface area contributed by atoms with Crippen LogP contribution in [-0.4, -0.2) is 23.6 Å². The summed E-state index contributed by atoms with van der Waals surface area (Å²) in [5, 5.41) is 5.50. The Morgan fingerprint density at radius 3 is 1.21 bits per heavy atom. The summed E-state index contributed by atoms with van der Waals surface area (Å²) in [4.78, 5) is 59.3. The van der Waals surface area contributed by atoms with Crippen molar-refractivity contribution in [2.45, 2.75) is 52.4 Å². The average Bonchev–Trinajstić information content (AvgIpc) is 3.16. The van der Waals surface area contributed by atoms with Crippen LogP contribution in [0.1, 0.15) is 105 Å². The molecule has 0 N–H and O–H groups in total. The van der Waals surface area contributed by atoms with Crippen molar-refractivity contribution in [2.24, 2.45) is 0 Å². The van der Waals surface area contributed by atoms with Gasteiger partial charge in [-0.05, 0) is 100 Å². The van der Waals surface area contributed by atoms with Crippen molar-refractivity contribution in [2.75, 3.05) is 9.80 Å². The lowest BCUT2D eigenvalue weighted by molar-refractivity contribution is 0.0877. The quantitative estimate of drug-likeness (QED) is 0.0972. The van der Waals surface area contributed by atoms with E-state index in [-0.39, 0.29) is 0 Å². The Balaban J connectivity index is 1.25. The summed E-state index contributed by atoms with van der Waals surface area (Å²) in [6, 6.07) is 25.5. The van der Waals surface area contributed by atoms with Crippen molar-refractivity contribution in [1.82, 2.24) is 0 Å². The second-order valence-corrected chi connectivity index (χ2v) is 14.9. The van der Waals surface area contributed by atoms with E-state index in [0.717, 1.165) is 24.0 Å². The molecule has 7 aromatic rings. The minimum atomic E-state index is -0.472. The summed E-state index contributed by atoms with van der Waals surface area (Å²) < 4.78 is 0. The topological polar surface area (TPSA) is 74.8 Å². The molecule has 2 aliphatic rings. The monoisotopic (exact) mass is 722 g/mol. The maximum atomic E-state index is 14.2. The Kier molecular flexibility index (Phi) is 7.28. The van der Waals surface area contributed by atoms with E-state index in [1.807, 2.05) is 48.5 Å². The molecule has 0 aliphatic carbocycles. The molecule has 0 saturated carbocycles. The zero-order valence-electron chi connectivity index (χ0n) is 28.9. The highest BCUT2D eigenvalue weighted by atomic mass is 35.5. The molecule has 0 fully saturated rings. The van der Waals surface area contributed by atoms with Gasteiger partial charge in [-0.25, -0.2) is 9.80 Å². The molecule has 7 aromatic carbocycles. The number of hydrogen-bond donors (Lipinski definition) is 0. The summed E-state index contributed by atoms with van der Waals surface area (Å²) in [5.74, 6) is -1.09. The molecule has 0 saturated heterocycles. The fourth-order valence-corrected chi connectivity index (χ4v) is 8.82. The summed E-state index contributed by atoms with van der Waals surface area (Å²) in [6.45, 7) is 8.52. The summed E-state index contributed by atoms with van der Waals surface area (Å²) in [6.07, 6.45) is 1.95. The molecule has 0 spiro atoms. The van der Waals surface area contributed by atoms with Crippen LogP contribution in [0.5, 0.6) is 0 Å². The number of carbonyl (C=O) groups excluding carboxylic acids is 4. The van der Waals surface area contributed by atoms with Gasteiger partial charge in [0.25, 0.3) is 23.6 Å². The molecule has 2 atom stereocenters. The number of fused-ring (bicyclic) bond motifs is 2. The van der Waals surface area contributed by atoms with E-state index < -0.39 is 23.6 Å². The summed E-state index contributed by atoms with van der Waals surface area (Å²) in [7, 11) is 0. The zero-order valence-corrected chi connectivity index (χ0v) is 30.4. The predicted octanol–water partition coefficient (Wildman–Crippen LogP) is 11.7. The lowest BCUT2D eigenvalue weighted by Crippen LogP contribution is -2.40. The van der Waals surface area contributed by atoms with Crippen LogP contribution in [-0.2, 0) is 0 Å². The number of benzene rings is 7. The minimum Gasteiger partial charge on any atom is -0.268 e. The fourth-order valence-electron chi connectivity index (χ4n) is 8.21. The van der Waals surface area contributed by atoms with Gasteiger partial charge in [-0.3, -0.25) is 19.2 Å². The molecule has 0 aromatic heterocycles. The van der Waals surface area contributed by atoms with E-state index in [1.165, 1.54) is 9.80 Å². The molecule has 256 valence electrons. The number of anilines is 2. The Bertz CT molecular complexity index is 2610. The third-order valence-corrected chi connectivity index (χ3v) is 12.0. The average molecular weight is 724 g/mol. The zero-order chi connectivity index (χ0) is 36.3. The Morgan fingerprint density at radius 2 is 0.827 bits per heavy atom. The van der Waals surface area contributed by atoms with E-state index in [2.05, 4.69) is 27.7 Å². The molecule has 52 heavy (non-hydrogen) atoms. The largest absolute Gasteiger partial charge is 0.268 e. The van der Waals surface area contributed by atoms with Crippen molar-refractivity contribution >= 4 is 101 Å². The Morgan fingerprint density at radius 1 is 0.462 bits per heavy atom. The minimum absolute atomic E-state index is 0.301. The van der Waals surface area contributed by atoms with Crippen LogP contribution in [0, 0.1) is 0 Å². The first-order valence-corrected chi connectivity index (χ1v) is 18.4. The third kappa shape index (κ3) is 4.31. The van der Waals surface area contributed by atoms with E-state index in [4.69, 9.17) is 23.2 Å². The number of rotatable bonds is 6. The van der Waals surface area contributed by atoms with Gasteiger partial charge >= 0.3 is 0 Å². The molecule has 2 heterocycles. The SMILES string of the molecule is CCC(C)c1ccc(N2C(=O)c3ccc4c5c(Cl)cc6c7c(cc(Cl)c(c8ccc(c3c48)C2=O)c75)C(=O)N(c2ccc(C(C)CC)cc2)C6=O)cc1. The van der Waals surface area contributed by atoms with E-state index in [0.29, 0.717) is 98.6 Å². The van der Waals surface area contributed by atoms with Crippen LogP contribution >= 0.6 is 23.2 Å². The van der Waals surface area contributed by atoms with Crippen LogP contribution < -0.4 is 9.80 Å². The maximum absolute atomic E-state index is 14.2. The number of hydrogen-bond acceptors (Lipinski definition) is 4. The van der Waals surface area contributed by atoms with Crippen LogP contribution in [0.3, 0.4) is 0 Å². The highest BCUT2D eigenvalue weighted by Gasteiger charge is 2.39. The lowest BCUT2D eigenvalue weighted by atomic mass is 9.82. The molecule has 0 bridgehead atoms. The molecule has 2 unspecified atom stereocenters. The fraction of sp³-hybridized carbons (Fsp3) is 0.182. The van der Waals surface area contributed by atoms with Gasteiger partial charge in [-0.2, -0.15) is 0 Å². The van der Waals surface area contributed by atoms with Gasteiger partial charge in [-0.1, -0.05) is 87.3 Å². The number of nitrogens with zero attached hydrogens (tertiary/aromatic N) is 2. The molecular formula is C44H32Cl2N2O4. The van der Waals surface area contributed by atoms with Crippen molar-refractivity contribution in [3.8, 4) is 0 Å². The van der Waals surface area contributed by atoms with E-state index in [9.17, 15) is 19.2 Å². The van der Waals surface area contributed by atoms with Gasteiger partial charge in [0, 0.05) is 48.1 Å². The Hall–Kier alpha value is -5.30. The molecule has 9 rings (SSSR count). The van der Waals surface area contributed by atoms with Crippen molar-refractivity contribution in [3.63, 3.8) is 0 Å². The van der Waals surface area contributed by atoms with Gasteiger partial charge in [0.2, 0.25) is 0 Å². The van der Waals surface area contributed by atoms with Crippen molar-refractivity contribution in [3.05, 3.63) is 128 Å². The van der Waals surface area contributed by atoms with Gasteiger partial charge in [0.1, 0.15) is 0 Å². The van der Waals surface area contributed by atoms with E-state index >= 15 is 0 Å². The number of halogens is 2. The standard InChI is InChI=1S/C44H32Cl2N2O4/c1-5-21(3)23-7-11-25(12-8-23)47-41(49)29-17-15-27-35-28(16-18-30(36(29)35)42(47)50)39-34(46)20-32-37-31(19-33(45)38(27)40(37)39)43(51)48(44(32)52)26-13-9-24(10-14-26)22(4)6-2/h7-22H,5-6H2,1-4H3. The number of carbonyl (C=O) groups is 4. The maximum Gasteiger partial charge on any atom is 0.266 e. The van der Waals surface area contributed by atoms with Crippen molar-refractivity contribution < 1.29 is 19.2 Å². The number of amides is 4. The Labute approximate surface area is 309 Å². The van der Waals surface area contributed by atoms with Gasteiger partial charge < -0.3 is 0 Å². The normalized spacial score (nSPS) is 15.6. The third-order valence-electron chi connectivity index (χ3n) is 11.4. The van der Waals surface area contributed by atoms with Gasteiger partial charge in [-0.15, -0.1) is 0 Å². The summed E-state index contributed by atoms with van der Waals surface area (Å²) >= 11 is 14.3. The highest BCUT2D eigenvalue weighted by Crippen LogP contribution is 2.51. The molecule has 6 nitrogen and oxygen atoms in total. The molecule has 0 radical (unpaired) electrons. The van der Waals surface area contributed by atoms with Gasteiger partial charge in [0.15, 0.2) is 0 Å². The first-order chi connectivity index (χ1) is 25.0. The first kappa shape index (κ1) is 32.6.